The smallest absolute Gasteiger partial charge is 0.255 e. The second kappa shape index (κ2) is 10.9. The van der Waals surface area contributed by atoms with E-state index in [-0.39, 0.29) is 29.6 Å². The van der Waals surface area contributed by atoms with Gasteiger partial charge >= 0.3 is 0 Å². The largest absolute Gasteiger partial charge is 0.353 e. The number of hydrogen-bond acceptors (Lipinski definition) is 3. The van der Waals surface area contributed by atoms with Crippen LogP contribution in [-0.2, 0) is 4.79 Å². The number of benzene rings is 2. The molecule has 2 N–H and O–H groups in total. The molecule has 2 aromatic carbocycles. The van der Waals surface area contributed by atoms with Gasteiger partial charge in [-0.2, -0.15) is 0 Å². The Morgan fingerprint density at radius 1 is 0.970 bits per heavy atom. The van der Waals surface area contributed by atoms with Gasteiger partial charge in [0, 0.05) is 29.3 Å². The second-order valence-corrected chi connectivity index (χ2v) is 9.42. The van der Waals surface area contributed by atoms with Gasteiger partial charge in [-0.25, -0.2) is 4.39 Å². The van der Waals surface area contributed by atoms with Crippen LogP contribution in [0.5, 0.6) is 0 Å². The maximum absolute atomic E-state index is 13.1. The van der Waals surface area contributed by atoms with E-state index in [0.717, 1.165) is 50.0 Å². The quantitative estimate of drug-likeness (QED) is 0.627. The number of rotatable bonds is 6. The topological polar surface area (TPSA) is 61.4 Å². The fraction of sp³-hybridized carbons (Fsp3) is 0.481. The van der Waals surface area contributed by atoms with Crippen LogP contribution in [0.15, 0.2) is 48.5 Å². The molecule has 1 unspecified atom stereocenters. The van der Waals surface area contributed by atoms with Crippen molar-refractivity contribution in [2.75, 3.05) is 18.4 Å². The Balaban J connectivity index is 1.30. The third kappa shape index (κ3) is 6.20. The minimum absolute atomic E-state index is 0.108. The molecule has 2 fully saturated rings. The Bertz CT molecular complexity index is 948. The molecule has 5 nitrogen and oxygen atoms in total. The fourth-order valence-corrected chi connectivity index (χ4v) is 5.01. The first kappa shape index (κ1) is 23.4. The molecule has 33 heavy (non-hydrogen) atoms. The van der Waals surface area contributed by atoms with Gasteiger partial charge in [0.05, 0.1) is 0 Å². The highest BCUT2D eigenvalue weighted by atomic mass is 19.1. The van der Waals surface area contributed by atoms with Crippen molar-refractivity contribution in [2.24, 2.45) is 5.92 Å². The standard InChI is InChI=1S/C27H34FN3O2/c1-19(31-16-14-21(15-17-31)27(33)29-24-7-3-2-4-8-24)22-6-5-9-25(18-22)30-26(32)20-10-12-23(28)13-11-20/h5-6,9-13,18-19,21,24H,2-4,7-8,14-17H2,1H3,(H,29,33)(H,30,32). The van der Waals surface area contributed by atoms with Crippen LogP contribution < -0.4 is 10.6 Å². The van der Waals surface area contributed by atoms with Crippen LogP contribution >= 0.6 is 0 Å². The lowest BCUT2D eigenvalue weighted by molar-refractivity contribution is -0.127. The highest BCUT2D eigenvalue weighted by Gasteiger charge is 2.29. The van der Waals surface area contributed by atoms with Crippen molar-refractivity contribution in [1.82, 2.24) is 10.2 Å². The number of amides is 2. The minimum atomic E-state index is -0.363. The van der Waals surface area contributed by atoms with E-state index >= 15 is 0 Å². The molecular formula is C27H34FN3O2. The molecule has 176 valence electrons. The highest BCUT2D eigenvalue weighted by molar-refractivity contribution is 6.04. The maximum atomic E-state index is 13.1. The van der Waals surface area contributed by atoms with Crippen LogP contribution in [0.25, 0.3) is 0 Å². The molecule has 4 rings (SSSR count). The van der Waals surface area contributed by atoms with E-state index in [9.17, 15) is 14.0 Å². The van der Waals surface area contributed by atoms with Crippen molar-refractivity contribution < 1.29 is 14.0 Å². The van der Waals surface area contributed by atoms with Gasteiger partial charge in [-0.15, -0.1) is 0 Å². The summed E-state index contributed by atoms with van der Waals surface area (Å²) in [6, 6.07) is 14.0. The van der Waals surface area contributed by atoms with E-state index in [2.05, 4.69) is 28.5 Å². The number of nitrogens with zero attached hydrogens (tertiary/aromatic N) is 1. The molecule has 1 atom stereocenters. The summed E-state index contributed by atoms with van der Waals surface area (Å²) >= 11 is 0. The summed E-state index contributed by atoms with van der Waals surface area (Å²) in [5, 5.41) is 6.19. The molecule has 0 radical (unpaired) electrons. The summed E-state index contributed by atoms with van der Waals surface area (Å²) in [6.45, 7) is 3.94. The van der Waals surface area contributed by atoms with Crippen LogP contribution in [0.4, 0.5) is 10.1 Å². The molecule has 0 spiro atoms. The van der Waals surface area contributed by atoms with E-state index in [0.29, 0.717) is 11.6 Å². The number of halogens is 1. The van der Waals surface area contributed by atoms with Gasteiger partial charge in [0.15, 0.2) is 0 Å². The molecule has 1 aliphatic heterocycles. The predicted molar refractivity (Wildman–Crippen MR) is 129 cm³/mol. The average molecular weight is 452 g/mol. The van der Waals surface area contributed by atoms with E-state index in [1.54, 1.807) is 0 Å². The van der Waals surface area contributed by atoms with Crippen LogP contribution in [0.2, 0.25) is 0 Å². The van der Waals surface area contributed by atoms with Crippen LogP contribution in [0.1, 0.15) is 73.8 Å². The molecule has 2 aliphatic rings. The number of hydrogen-bond donors (Lipinski definition) is 2. The number of carbonyl (C=O) groups excluding carboxylic acids is 2. The predicted octanol–water partition coefficient (Wildman–Crippen LogP) is 5.30. The normalized spacial score (nSPS) is 19.1. The van der Waals surface area contributed by atoms with Crippen molar-refractivity contribution in [2.45, 2.75) is 64.0 Å². The molecule has 1 aliphatic carbocycles. The van der Waals surface area contributed by atoms with Gasteiger partial charge in [-0.05, 0) is 87.7 Å². The first-order valence-corrected chi connectivity index (χ1v) is 12.2. The van der Waals surface area contributed by atoms with E-state index in [1.165, 1.54) is 43.5 Å². The van der Waals surface area contributed by atoms with E-state index < -0.39 is 0 Å². The van der Waals surface area contributed by atoms with E-state index in [4.69, 9.17) is 0 Å². The Labute approximate surface area is 195 Å². The minimum Gasteiger partial charge on any atom is -0.353 e. The van der Waals surface area contributed by atoms with Crippen LogP contribution in [-0.4, -0.2) is 35.8 Å². The van der Waals surface area contributed by atoms with Crippen LogP contribution in [0.3, 0.4) is 0 Å². The number of likely N-dealkylation sites (tertiary alicyclic amines) is 1. The summed E-state index contributed by atoms with van der Waals surface area (Å²) in [7, 11) is 0. The molecule has 2 amide bonds. The monoisotopic (exact) mass is 451 g/mol. The van der Waals surface area contributed by atoms with Gasteiger partial charge < -0.3 is 10.6 Å². The average Bonchev–Trinajstić information content (AvgIpc) is 2.85. The Hall–Kier alpha value is -2.73. The SMILES string of the molecule is CC(c1cccc(NC(=O)c2ccc(F)cc2)c1)N1CCC(C(=O)NC2CCCCC2)CC1. The van der Waals surface area contributed by atoms with Gasteiger partial charge in [-0.3, -0.25) is 14.5 Å². The first-order chi connectivity index (χ1) is 16.0. The lowest BCUT2D eigenvalue weighted by atomic mass is 9.91. The molecule has 6 heteroatoms. The summed E-state index contributed by atoms with van der Waals surface area (Å²) < 4.78 is 13.1. The zero-order valence-corrected chi connectivity index (χ0v) is 19.4. The molecular weight excluding hydrogens is 417 g/mol. The lowest BCUT2D eigenvalue weighted by Crippen LogP contribution is -2.44. The fourth-order valence-electron chi connectivity index (χ4n) is 5.01. The summed E-state index contributed by atoms with van der Waals surface area (Å²) in [6.07, 6.45) is 7.74. The second-order valence-electron chi connectivity index (χ2n) is 9.42. The third-order valence-corrected chi connectivity index (χ3v) is 7.13. The van der Waals surface area contributed by atoms with Crippen molar-refractivity contribution in [3.8, 4) is 0 Å². The Morgan fingerprint density at radius 3 is 2.36 bits per heavy atom. The van der Waals surface area contributed by atoms with Gasteiger partial charge in [0.25, 0.3) is 5.91 Å². The summed E-state index contributed by atoms with van der Waals surface area (Å²) in [5.74, 6) is -0.279. The zero-order valence-electron chi connectivity index (χ0n) is 19.4. The maximum Gasteiger partial charge on any atom is 0.255 e. The number of piperidine rings is 1. The summed E-state index contributed by atoms with van der Waals surface area (Å²) in [4.78, 5) is 27.6. The Kier molecular flexibility index (Phi) is 7.76. The number of nitrogens with one attached hydrogen (secondary N) is 2. The van der Waals surface area contributed by atoms with Gasteiger partial charge in [0.2, 0.25) is 5.91 Å². The van der Waals surface area contributed by atoms with Crippen molar-refractivity contribution >= 4 is 17.5 Å². The van der Waals surface area contributed by atoms with Crippen molar-refractivity contribution in [1.29, 1.82) is 0 Å². The zero-order chi connectivity index (χ0) is 23.2. The first-order valence-electron chi connectivity index (χ1n) is 12.2. The molecule has 1 heterocycles. The number of carbonyl (C=O) groups is 2. The molecule has 1 saturated heterocycles. The van der Waals surface area contributed by atoms with Gasteiger partial charge in [-0.1, -0.05) is 31.4 Å². The van der Waals surface area contributed by atoms with Crippen molar-refractivity contribution in [3.63, 3.8) is 0 Å². The third-order valence-electron chi connectivity index (χ3n) is 7.13. The molecule has 2 aromatic rings. The molecule has 1 saturated carbocycles. The van der Waals surface area contributed by atoms with Crippen molar-refractivity contribution in [3.05, 3.63) is 65.5 Å². The highest BCUT2D eigenvalue weighted by Crippen LogP contribution is 2.29. The van der Waals surface area contributed by atoms with E-state index in [1.807, 2.05) is 18.2 Å². The lowest BCUT2D eigenvalue weighted by Gasteiger charge is -2.36. The molecule has 0 bridgehead atoms. The van der Waals surface area contributed by atoms with Crippen LogP contribution in [0, 0.1) is 11.7 Å². The van der Waals surface area contributed by atoms with Gasteiger partial charge in [0.1, 0.15) is 5.82 Å². The number of anilines is 1. The Morgan fingerprint density at radius 2 is 1.67 bits per heavy atom. The summed E-state index contributed by atoms with van der Waals surface area (Å²) in [5.41, 5.74) is 2.26. The molecule has 0 aromatic heterocycles.